The Kier molecular flexibility index (Phi) is 3.90. The molecular weight excluding hydrogens is 284 g/mol. The van der Waals surface area contributed by atoms with Gasteiger partial charge in [-0.05, 0) is 43.0 Å². The molecule has 2 aromatic heterocycles. The van der Waals surface area contributed by atoms with E-state index in [1.54, 1.807) is 0 Å². The van der Waals surface area contributed by atoms with Crippen LogP contribution in [0.4, 0.5) is 0 Å². The highest BCUT2D eigenvalue weighted by molar-refractivity contribution is 5.59. The van der Waals surface area contributed by atoms with Crippen LogP contribution in [0, 0.1) is 0 Å². The molecule has 0 fully saturated rings. The molecule has 0 saturated carbocycles. The number of aryl methyl sites for hydroxylation is 1. The Morgan fingerprint density at radius 3 is 3.09 bits per heavy atom. The normalized spacial score (nSPS) is 17.0. The van der Waals surface area contributed by atoms with Crippen molar-refractivity contribution >= 4 is 0 Å². The molecule has 2 N–H and O–H groups in total. The van der Waals surface area contributed by atoms with Gasteiger partial charge in [0.2, 0.25) is 0 Å². The Labute approximate surface area is 136 Å². The summed E-state index contributed by atoms with van der Waals surface area (Å²) in [4.78, 5) is 4.43. The molecule has 1 aliphatic carbocycles. The zero-order valence-electron chi connectivity index (χ0n) is 13.0. The van der Waals surface area contributed by atoms with E-state index in [0.29, 0.717) is 6.04 Å². The van der Waals surface area contributed by atoms with Crippen LogP contribution >= 0.6 is 0 Å². The van der Waals surface area contributed by atoms with Crippen molar-refractivity contribution in [3.8, 4) is 11.3 Å². The maximum atomic E-state index is 4.43. The first kappa shape index (κ1) is 14.2. The van der Waals surface area contributed by atoms with Crippen LogP contribution < -0.4 is 5.32 Å². The highest BCUT2D eigenvalue weighted by Gasteiger charge is 2.21. The molecule has 0 spiro atoms. The van der Waals surface area contributed by atoms with Crippen molar-refractivity contribution in [2.45, 2.75) is 31.8 Å². The van der Waals surface area contributed by atoms with Gasteiger partial charge in [-0.25, -0.2) is 0 Å². The monoisotopic (exact) mass is 304 g/mol. The number of hydrogen-bond donors (Lipinski definition) is 2. The second-order valence-corrected chi connectivity index (χ2v) is 6.04. The number of H-pyrrole nitrogens is 1. The summed E-state index contributed by atoms with van der Waals surface area (Å²) in [6, 6.07) is 15.0. The highest BCUT2D eigenvalue weighted by atomic mass is 15.1. The lowest BCUT2D eigenvalue weighted by molar-refractivity contribution is 0.458. The molecule has 0 aliphatic heterocycles. The predicted octanol–water partition coefficient (Wildman–Crippen LogP) is 3.64. The molecule has 4 rings (SSSR count). The third kappa shape index (κ3) is 3.03. The number of aromatic amines is 1. The summed E-state index contributed by atoms with van der Waals surface area (Å²) in [5, 5.41) is 11.0. The van der Waals surface area contributed by atoms with Crippen molar-refractivity contribution in [1.29, 1.82) is 0 Å². The maximum Gasteiger partial charge on any atom is 0.0702 e. The zero-order chi connectivity index (χ0) is 15.5. The predicted molar refractivity (Wildman–Crippen MR) is 90.8 cm³/mol. The van der Waals surface area contributed by atoms with Crippen LogP contribution in [0.15, 0.2) is 54.9 Å². The second-order valence-electron chi connectivity index (χ2n) is 6.04. The van der Waals surface area contributed by atoms with Crippen LogP contribution in [0.25, 0.3) is 11.3 Å². The van der Waals surface area contributed by atoms with Gasteiger partial charge >= 0.3 is 0 Å². The van der Waals surface area contributed by atoms with Crippen molar-refractivity contribution in [2.24, 2.45) is 0 Å². The summed E-state index contributed by atoms with van der Waals surface area (Å²) >= 11 is 0. The lowest BCUT2D eigenvalue weighted by atomic mass is 9.93. The smallest absolute Gasteiger partial charge is 0.0702 e. The van der Waals surface area contributed by atoms with E-state index < -0.39 is 0 Å². The van der Waals surface area contributed by atoms with E-state index in [0.717, 1.165) is 24.2 Å². The third-order valence-electron chi connectivity index (χ3n) is 4.49. The molecule has 0 bridgehead atoms. The zero-order valence-corrected chi connectivity index (χ0v) is 13.0. The van der Waals surface area contributed by atoms with E-state index in [1.807, 2.05) is 30.6 Å². The first-order valence-electron chi connectivity index (χ1n) is 8.16. The molecule has 0 saturated heterocycles. The van der Waals surface area contributed by atoms with E-state index in [1.165, 1.54) is 29.7 Å². The molecule has 2 heterocycles. The lowest BCUT2D eigenvalue weighted by Gasteiger charge is -2.23. The average Bonchev–Trinajstić information content (AvgIpc) is 3.10. The third-order valence-corrected chi connectivity index (χ3v) is 4.49. The van der Waals surface area contributed by atoms with Crippen LogP contribution in [0.5, 0.6) is 0 Å². The maximum absolute atomic E-state index is 4.43. The van der Waals surface area contributed by atoms with Gasteiger partial charge in [0.15, 0.2) is 0 Å². The van der Waals surface area contributed by atoms with Crippen molar-refractivity contribution < 1.29 is 0 Å². The molecule has 4 nitrogen and oxygen atoms in total. The van der Waals surface area contributed by atoms with Gasteiger partial charge in [-0.15, -0.1) is 0 Å². The first-order chi connectivity index (χ1) is 11.4. The van der Waals surface area contributed by atoms with E-state index in [-0.39, 0.29) is 0 Å². The molecule has 3 aromatic rings. The van der Waals surface area contributed by atoms with Crippen molar-refractivity contribution in [3.63, 3.8) is 0 Å². The van der Waals surface area contributed by atoms with Crippen LogP contribution in [0.1, 0.15) is 35.7 Å². The summed E-state index contributed by atoms with van der Waals surface area (Å²) in [5.41, 5.74) is 6.08. The second kappa shape index (κ2) is 6.34. The van der Waals surface area contributed by atoms with Crippen LogP contribution in [-0.4, -0.2) is 15.2 Å². The molecular formula is C19H20N4. The highest BCUT2D eigenvalue weighted by Crippen LogP contribution is 2.28. The first-order valence-corrected chi connectivity index (χ1v) is 8.16. The molecule has 116 valence electrons. The molecule has 1 atom stereocenters. The van der Waals surface area contributed by atoms with Crippen LogP contribution in [0.3, 0.4) is 0 Å². The number of nitrogens with zero attached hydrogens (tertiary/aromatic N) is 2. The molecule has 0 radical (unpaired) electrons. The number of fused-ring (bicyclic) bond motifs is 1. The SMILES string of the molecule is c1ccc(-c2cccc(CNC3CCCc4[nH]ncc43)c2)nc1. The number of rotatable bonds is 4. The van der Waals surface area contributed by atoms with Gasteiger partial charge in [0.1, 0.15) is 0 Å². The van der Waals surface area contributed by atoms with E-state index in [2.05, 4.69) is 44.8 Å². The average molecular weight is 304 g/mol. The summed E-state index contributed by atoms with van der Waals surface area (Å²) in [5.74, 6) is 0. The number of benzene rings is 1. The van der Waals surface area contributed by atoms with Gasteiger partial charge in [0.05, 0.1) is 11.9 Å². The number of hydrogen-bond acceptors (Lipinski definition) is 3. The molecule has 0 amide bonds. The Morgan fingerprint density at radius 1 is 1.17 bits per heavy atom. The quantitative estimate of drug-likeness (QED) is 0.774. The van der Waals surface area contributed by atoms with Crippen molar-refractivity contribution in [2.75, 3.05) is 0 Å². The molecule has 23 heavy (non-hydrogen) atoms. The summed E-state index contributed by atoms with van der Waals surface area (Å²) in [7, 11) is 0. The Morgan fingerprint density at radius 2 is 2.17 bits per heavy atom. The summed E-state index contributed by atoms with van der Waals surface area (Å²) in [6.45, 7) is 0.857. The van der Waals surface area contributed by atoms with E-state index in [9.17, 15) is 0 Å². The van der Waals surface area contributed by atoms with Gasteiger partial charge in [0.25, 0.3) is 0 Å². The fourth-order valence-electron chi connectivity index (χ4n) is 3.29. The minimum atomic E-state index is 0.399. The molecule has 4 heteroatoms. The van der Waals surface area contributed by atoms with Crippen molar-refractivity contribution in [3.05, 3.63) is 71.7 Å². The minimum Gasteiger partial charge on any atom is -0.306 e. The summed E-state index contributed by atoms with van der Waals surface area (Å²) < 4.78 is 0. The summed E-state index contributed by atoms with van der Waals surface area (Å²) in [6.07, 6.45) is 7.30. The Balaban J connectivity index is 1.48. The number of nitrogens with one attached hydrogen (secondary N) is 2. The van der Waals surface area contributed by atoms with E-state index >= 15 is 0 Å². The van der Waals surface area contributed by atoms with Crippen LogP contribution in [-0.2, 0) is 13.0 Å². The largest absolute Gasteiger partial charge is 0.306 e. The Bertz CT molecular complexity index is 779. The van der Waals surface area contributed by atoms with Gasteiger partial charge in [-0.2, -0.15) is 5.10 Å². The van der Waals surface area contributed by atoms with Gasteiger partial charge in [-0.3, -0.25) is 10.1 Å². The molecule has 1 unspecified atom stereocenters. The fraction of sp³-hybridized carbons (Fsp3) is 0.263. The topological polar surface area (TPSA) is 53.6 Å². The Hall–Kier alpha value is -2.46. The molecule has 1 aromatic carbocycles. The molecule has 1 aliphatic rings. The van der Waals surface area contributed by atoms with Crippen molar-refractivity contribution in [1.82, 2.24) is 20.5 Å². The number of aromatic nitrogens is 3. The minimum absolute atomic E-state index is 0.399. The van der Waals surface area contributed by atoms with Crippen LogP contribution in [0.2, 0.25) is 0 Å². The van der Waals surface area contributed by atoms with Gasteiger partial charge in [-0.1, -0.05) is 24.3 Å². The number of pyridine rings is 1. The van der Waals surface area contributed by atoms with Gasteiger partial charge in [0, 0.05) is 35.6 Å². The fourth-order valence-corrected chi connectivity index (χ4v) is 3.29. The van der Waals surface area contributed by atoms with E-state index in [4.69, 9.17) is 0 Å². The lowest BCUT2D eigenvalue weighted by Crippen LogP contribution is -2.24. The standard InChI is InChI=1S/C19H20N4/c1-2-10-20-17(7-1)15-6-3-5-14(11-15)12-21-18-8-4-9-19-16(18)13-22-23-19/h1-3,5-7,10-11,13,18,21H,4,8-9,12H2,(H,22,23). The van der Waals surface area contributed by atoms with Gasteiger partial charge < -0.3 is 5.32 Å².